The van der Waals surface area contributed by atoms with Crippen molar-refractivity contribution in [3.05, 3.63) is 65.2 Å². The highest BCUT2D eigenvalue weighted by Crippen LogP contribution is 2.18. The largest absolute Gasteiger partial charge is 0.322 e. The summed E-state index contributed by atoms with van der Waals surface area (Å²) in [6.45, 7) is 3.52. The lowest BCUT2D eigenvalue weighted by molar-refractivity contribution is -0.119. The number of anilines is 1. The Morgan fingerprint density at radius 1 is 1.09 bits per heavy atom. The highest BCUT2D eigenvalue weighted by molar-refractivity contribution is 6.07. The third-order valence-electron chi connectivity index (χ3n) is 3.49. The van der Waals surface area contributed by atoms with E-state index in [0.717, 1.165) is 11.3 Å². The Bertz CT molecular complexity index is 679. The van der Waals surface area contributed by atoms with E-state index in [-0.39, 0.29) is 18.1 Å². The predicted molar refractivity (Wildman–Crippen MR) is 87.9 cm³/mol. The Morgan fingerprint density at radius 2 is 1.77 bits per heavy atom. The average molecular weight is 296 g/mol. The Morgan fingerprint density at radius 3 is 2.41 bits per heavy atom. The lowest BCUT2D eigenvalue weighted by atomic mass is 9.95. The van der Waals surface area contributed by atoms with Crippen LogP contribution in [-0.4, -0.2) is 17.7 Å². The average Bonchev–Trinajstić information content (AvgIpc) is 2.48. The molecule has 0 heterocycles. The van der Waals surface area contributed by atoms with Gasteiger partial charge in [-0.05, 0) is 37.1 Å². The second kappa shape index (κ2) is 7.00. The molecule has 0 spiro atoms. The van der Waals surface area contributed by atoms with Gasteiger partial charge in [-0.25, -0.2) is 0 Å². The highest BCUT2D eigenvalue weighted by Gasteiger charge is 2.18. The number of amides is 1. The zero-order chi connectivity index (χ0) is 16.1. The Hall–Kier alpha value is -2.46. The number of nitrogens with two attached hydrogens (primary N) is 1. The Labute approximate surface area is 130 Å². The zero-order valence-corrected chi connectivity index (χ0v) is 12.8. The molecule has 0 saturated heterocycles. The van der Waals surface area contributed by atoms with E-state index in [1.165, 1.54) is 0 Å². The number of nitrogens with one attached hydrogen (secondary N) is 1. The first-order chi connectivity index (χ1) is 10.5. The van der Waals surface area contributed by atoms with E-state index >= 15 is 0 Å². The van der Waals surface area contributed by atoms with Crippen molar-refractivity contribution in [2.75, 3.05) is 5.32 Å². The lowest BCUT2D eigenvalue weighted by Gasteiger charge is -2.13. The van der Waals surface area contributed by atoms with Gasteiger partial charge >= 0.3 is 0 Å². The molecule has 3 N–H and O–H groups in total. The van der Waals surface area contributed by atoms with Crippen LogP contribution in [0.5, 0.6) is 0 Å². The van der Waals surface area contributed by atoms with Gasteiger partial charge in [0.15, 0.2) is 5.78 Å². The SMILES string of the molecule is Cc1cccc(CC(=O)C(C)N)c1C(=O)Nc1ccccc1. The maximum absolute atomic E-state index is 12.6. The minimum atomic E-state index is -0.537. The summed E-state index contributed by atoms with van der Waals surface area (Å²) in [6.07, 6.45) is 0.164. The van der Waals surface area contributed by atoms with Gasteiger partial charge in [0.1, 0.15) is 0 Å². The van der Waals surface area contributed by atoms with E-state index in [1.807, 2.05) is 49.4 Å². The number of para-hydroxylation sites is 1. The molecule has 4 nitrogen and oxygen atoms in total. The number of Topliss-reactive ketones (excluding diaryl/α,β-unsaturated/α-hetero) is 1. The molecule has 0 saturated carbocycles. The monoisotopic (exact) mass is 296 g/mol. The molecule has 0 aliphatic heterocycles. The molecule has 1 amide bonds. The summed E-state index contributed by atoms with van der Waals surface area (Å²) in [7, 11) is 0. The molecular formula is C18H20N2O2. The fraction of sp³-hybridized carbons (Fsp3) is 0.222. The minimum absolute atomic E-state index is 0.0839. The van der Waals surface area contributed by atoms with Crippen LogP contribution in [0, 0.1) is 6.92 Å². The molecule has 0 fully saturated rings. The summed E-state index contributed by atoms with van der Waals surface area (Å²) in [4.78, 5) is 24.5. The number of hydrogen-bond acceptors (Lipinski definition) is 3. The van der Waals surface area contributed by atoms with Crippen LogP contribution in [0.3, 0.4) is 0 Å². The van der Waals surface area contributed by atoms with Crippen LogP contribution in [0.2, 0.25) is 0 Å². The third kappa shape index (κ3) is 3.80. The molecule has 4 heteroatoms. The molecule has 114 valence electrons. The Balaban J connectivity index is 2.29. The van der Waals surface area contributed by atoms with Crippen molar-refractivity contribution in [1.29, 1.82) is 0 Å². The molecule has 0 aliphatic rings. The molecule has 0 aliphatic carbocycles. The van der Waals surface area contributed by atoms with Gasteiger partial charge in [0.2, 0.25) is 0 Å². The number of hydrogen-bond donors (Lipinski definition) is 2. The lowest BCUT2D eigenvalue weighted by Crippen LogP contribution is -2.29. The van der Waals surface area contributed by atoms with Crippen molar-refractivity contribution in [3.63, 3.8) is 0 Å². The topological polar surface area (TPSA) is 72.2 Å². The normalized spacial score (nSPS) is 11.8. The first kappa shape index (κ1) is 15.9. The fourth-order valence-electron chi connectivity index (χ4n) is 2.26. The van der Waals surface area contributed by atoms with Gasteiger partial charge in [0, 0.05) is 17.7 Å². The molecule has 1 atom stereocenters. The summed E-state index contributed by atoms with van der Waals surface area (Å²) < 4.78 is 0. The van der Waals surface area contributed by atoms with Crippen molar-refractivity contribution in [1.82, 2.24) is 0 Å². The Kier molecular flexibility index (Phi) is 5.07. The van der Waals surface area contributed by atoms with E-state index in [0.29, 0.717) is 11.1 Å². The molecule has 1 unspecified atom stereocenters. The van der Waals surface area contributed by atoms with E-state index in [2.05, 4.69) is 5.32 Å². The first-order valence-electron chi connectivity index (χ1n) is 7.22. The number of carbonyl (C=O) groups excluding carboxylic acids is 2. The van der Waals surface area contributed by atoms with Gasteiger partial charge in [-0.2, -0.15) is 0 Å². The molecule has 2 aromatic carbocycles. The van der Waals surface area contributed by atoms with Crippen LogP contribution >= 0.6 is 0 Å². The molecule has 22 heavy (non-hydrogen) atoms. The number of aryl methyl sites for hydroxylation is 1. The van der Waals surface area contributed by atoms with E-state index < -0.39 is 6.04 Å². The standard InChI is InChI=1S/C18H20N2O2/c1-12-7-6-8-14(11-16(21)13(2)19)17(12)18(22)20-15-9-4-3-5-10-15/h3-10,13H,11,19H2,1-2H3,(H,20,22). The number of ketones is 1. The minimum Gasteiger partial charge on any atom is -0.322 e. The van der Waals surface area contributed by atoms with Crippen molar-refractivity contribution < 1.29 is 9.59 Å². The molecular weight excluding hydrogens is 276 g/mol. The van der Waals surface area contributed by atoms with Gasteiger partial charge in [-0.15, -0.1) is 0 Å². The van der Waals surface area contributed by atoms with Gasteiger partial charge in [0.25, 0.3) is 5.91 Å². The van der Waals surface area contributed by atoms with Crippen molar-refractivity contribution in [3.8, 4) is 0 Å². The summed E-state index contributed by atoms with van der Waals surface area (Å²) in [5.41, 5.74) is 8.43. The van der Waals surface area contributed by atoms with E-state index in [4.69, 9.17) is 5.73 Å². The van der Waals surface area contributed by atoms with Crippen LogP contribution in [0.15, 0.2) is 48.5 Å². The summed E-state index contributed by atoms with van der Waals surface area (Å²) in [5.74, 6) is -0.295. The van der Waals surface area contributed by atoms with Gasteiger partial charge in [-0.3, -0.25) is 9.59 Å². The number of carbonyl (C=O) groups is 2. The highest BCUT2D eigenvalue weighted by atomic mass is 16.1. The van der Waals surface area contributed by atoms with Crippen molar-refractivity contribution in [2.45, 2.75) is 26.3 Å². The van der Waals surface area contributed by atoms with Gasteiger partial charge < -0.3 is 11.1 Å². The van der Waals surface area contributed by atoms with E-state index in [9.17, 15) is 9.59 Å². The number of rotatable bonds is 5. The maximum Gasteiger partial charge on any atom is 0.256 e. The molecule has 0 radical (unpaired) electrons. The quantitative estimate of drug-likeness (QED) is 0.891. The van der Waals surface area contributed by atoms with Gasteiger partial charge in [-0.1, -0.05) is 36.4 Å². The van der Waals surface area contributed by atoms with Crippen LogP contribution in [-0.2, 0) is 11.2 Å². The van der Waals surface area contributed by atoms with Crippen LogP contribution in [0.1, 0.15) is 28.4 Å². The molecule has 2 aromatic rings. The first-order valence-corrected chi connectivity index (χ1v) is 7.22. The van der Waals surface area contributed by atoms with Crippen LogP contribution in [0.25, 0.3) is 0 Å². The second-order valence-corrected chi connectivity index (χ2v) is 5.36. The van der Waals surface area contributed by atoms with Crippen LogP contribution in [0.4, 0.5) is 5.69 Å². The van der Waals surface area contributed by atoms with Crippen LogP contribution < -0.4 is 11.1 Å². The molecule has 0 bridgehead atoms. The summed E-state index contributed by atoms with van der Waals surface area (Å²) >= 11 is 0. The third-order valence-corrected chi connectivity index (χ3v) is 3.49. The summed E-state index contributed by atoms with van der Waals surface area (Å²) in [6, 6.07) is 14.2. The smallest absolute Gasteiger partial charge is 0.256 e. The number of benzene rings is 2. The molecule has 0 aromatic heterocycles. The second-order valence-electron chi connectivity index (χ2n) is 5.36. The zero-order valence-electron chi connectivity index (χ0n) is 12.8. The molecule has 2 rings (SSSR count). The van der Waals surface area contributed by atoms with Crippen molar-refractivity contribution in [2.24, 2.45) is 5.73 Å². The predicted octanol–water partition coefficient (Wildman–Crippen LogP) is 2.71. The van der Waals surface area contributed by atoms with E-state index in [1.54, 1.807) is 13.0 Å². The van der Waals surface area contributed by atoms with Gasteiger partial charge in [0.05, 0.1) is 6.04 Å². The van der Waals surface area contributed by atoms with Crippen molar-refractivity contribution >= 4 is 17.4 Å². The summed E-state index contributed by atoms with van der Waals surface area (Å²) in [5, 5.41) is 2.86. The maximum atomic E-state index is 12.6. The fourth-order valence-corrected chi connectivity index (χ4v) is 2.26.